The van der Waals surface area contributed by atoms with E-state index >= 15 is 0 Å². The number of carbonyl (C=O) groups is 2. The first-order valence-electron chi connectivity index (χ1n) is 7.16. The van der Waals surface area contributed by atoms with Crippen LogP contribution in [0.5, 0.6) is 0 Å². The molecule has 0 aliphatic carbocycles. The van der Waals surface area contributed by atoms with Gasteiger partial charge in [-0.25, -0.2) is 0 Å². The highest BCUT2D eigenvalue weighted by Gasteiger charge is 2.13. The Morgan fingerprint density at radius 1 is 1.19 bits per heavy atom. The molecule has 0 aliphatic heterocycles. The topological polar surface area (TPSA) is 70.2 Å². The van der Waals surface area contributed by atoms with Gasteiger partial charge >= 0.3 is 0 Å². The summed E-state index contributed by atoms with van der Waals surface area (Å²) >= 11 is 0. The third-order valence-corrected chi connectivity index (χ3v) is 2.89. The first-order chi connectivity index (χ1) is 9.73. The van der Waals surface area contributed by atoms with Gasteiger partial charge in [0.05, 0.1) is 6.54 Å². The van der Waals surface area contributed by atoms with E-state index in [1.807, 2.05) is 40.7 Å². The number of carbonyl (C=O) groups excluding carboxylic acids is 2. The maximum atomic E-state index is 11.9. The van der Waals surface area contributed by atoms with Crippen LogP contribution in [-0.4, -0.2) is 30.4 Å². The van der Waals surface area contributed by atoms with Gasteiger partial charge < -0.3 is 16.0 Å². The van der Waals surface area contributed by atoms with Crippen molar-refractivity contribution in [3.8, 4) is 0 Å². The molecule has 0 aromatic heterocycles. The van der Waals surface area contributed by atoms with Gasteiger partial charge in [-0.1, -0.05) is 6.07 Å². The summed E-state index contributed by atoms with van der Waals surface area (Å²) in [5.74, 6) is -0.262. The summed E-state index contributed by atoms with van der Waals surface area (Å²) in [5.41, 5.74) is 2.02. The van der Waals surface area contributed by atoms with Crippen LogP contribution < -0.4 is 16.0 Å². The first kappa shape index (κ1) is 17.2. The van der Waals surface area contributed by atoms with Crippen molar-refractivity contribution < 1.29 is 9.59 Å². The SMILES string of the molecule is CCNC(=O)c1ccc(C)c(NC(=O)CNC(C)(C)C)c1. The van der Waals surface area contributed by atoms with Gasteiger partial charge in [-0.3, -0.25) is 9.59 Å². The number of hydrogen-bond donors (Lipinski definition) is 3. The fraction of sp³-hybridized carbons (Fsp3) is 0.500. The third-order valence-electron chi connectivity index (χ3n) is 2.89. The number of rotatable bonds is 5. The van der Waals surface area contributed by atoms with Crippen LogP contribution in [0.3, 0.4) is 0 Å². The van der Waals surface area contributed by atoms with Crippen LogP contribution in [0.4, 0.5) is 5.69 Å². The minimum Gasteiger partial charge on any atom is -0.352 e. The molecule has 0 radical (unpaired) electrons. The summed E-state index contributed by atoms with van der Waals surface area (Å²) in [7, 11) is 0. The van der Waals surface area contributed by atoms with Gasteiger partial charge in [-0.15, -0.1) is 0 Å². The second-order valence-corrected chi connectivity index (χ2v) is 6.04. The van der Waals surface area contributed by atoms with E-state index in [0.29, 0.717) is 17.8 Å². The summed E-state index contributed by atoms with van der Waals surface area (Å²) in [6.45, 7) is 10.6. The van der Waals surface area contributed by atoms with Crippen LogP contribution in [-0.2, 0) is 4.79 Å². The van der Waals surface area contributed by atoms with Gasteiger partial charge in [0.15, 0.2) is 0 Å². The number of benzene rings is 1. The molecule has 0 atom stereocenters. The van der Waals surface area contributed by atoms with Gasteiger partial charge in [-0.05, 0) is 52.3 Å². The minimum atomic E-state index is -0.138. The summed E-state index contributed by atoms with van der Waals surface area (Å²) in [5, 5.41) is 8.71. The molecule has 21 heavy (non-hydrogen) atoms. The van der Waals surface area contributed by atoms with E-state index in [9.17, 15) is 9.59 Å². The maximum absolute atomic E-state index is 11.9. The zero-order valence-corrected chi connectivity index (χ0v) is 13.5. The first-order valence-corrected chi connectivity index (χ1v) is 7.16. The Morgan fingerprint density at radius 3 is 2.43 bits per heavy atom. The van der Waals surface area contributed by atoms with Crippen LogP contribution in [0, 0.1) is 6.92 Å². The van der Waals surface area contributed by atoms with Crippen molar-refractivity contribution in [3.63, 3.8) is 0 Å². The van der Waals surface area contributed by atoms with Crippen LogP contribution in [0.1, 0.15) is 43.6 Å². The lowest BCUT2D eigenvalue weighted by molar-refractivity contribution is -0.115. The van der Waals surface area contributed by atoms with Crippen LogP contribution in [0.15, 0.2) is 18.2 Å². The van der Waals surface area contributed by atoms with Gasteiger partial charge in [0.1, 0.15) is 0 Å². The summed E-state index contributed by atoms with van der Waals surface area (Å²) in [4.78, 5) is 23.8. The second kappa shape index (κ2) is 7.22. The van der Waals surface area contributed by atoms with E-state index in [2.05, 4.69) is 16.0 Å². The molecule has 0 unspecified atom stereocenters. The Labute approximate surface area is 126 Å². The van der Waals surface area contributed by atoms with Crippen LogP contribution in [0.25, 0.3) is 0 Å². The highest BCUT2D eigenvalue weighted by Crippen LogP contribution is 2.17. The molecule has 0 saturated heterocycles. The molecule has 0 bridgehead atoms. The Kier molecular flexibility index (Phi) is 5.90. The summed E-state index contributed by atoms with van der Waals surface area (Å²) < 4.78 is 0. The number of amides is 2. The van der Waals surface area contributed by atoms with Crippen molar-refractivity contribution in [2.45, 2.75) is 40.2 Å². The molecule has 0 saturated carbocycles. The zero-order chi connectivity index (χ0) is 16.0. The lowest BCUT2D eigenvalue weighted by Crippen LogP contribution is -2.41. The number of anilines is 1. The van der Waals surface area contributed by atoms with E-state index in [4.69, 9.17) is 0 Å². The molecule has 0 fully saturated rings. The maximum Gasteiger partial charge on any atom is 0.251 e. The smallest absolute Gasteiger partial charge is 0.251 e. The fourth-order valence-electron chi connectivity index (χ4n) is 1.70. The third kappa shape index (κ3) is 5.95. The van der Waals surface area contributed by atoms with Crippen LogP contribution in [0.2, 0.25) is 0 Å². The number of nitrogens with one attached hydrogen (secondary N) is 3. The molecule has 2 amide bonds. The van der Waals surface area contributed by atoms with E-state index in [1.165, 1.54) is 0 Å². The predicted octanol–water partition coefficient (Wildman–Crippen LogP) is 2.07. The quantitative estimate of drug-likeness (QED) is 0.778. The van der Waals surface area contributed by atoms with E-state index in [0.717, 1.165) is 5.56 Å². The summed E-state index contributed by atoms with van der Waals surface area (Å²) in [6, 6.07) is 5.29. The molecule has 1 aromatic rings. The Balaban J connectivity index is 2.76. The van der Waals surface area contributed by atoms with Crippen molar-refractivity contribution >= 4 is 17.5 Å². The van der Waals surface area contributed by atoms with Crippen molar-refractivity contribution in [3.05, 3.63) is 29.3 Å². The zero-order valence-electron chi connectivity index (χ0n) is 13.5. The Hall–Kier alpha value is -1.88. The van der Waals surface area contributed by atoms with Crippen LogP contribution >= 0.6 is 0 Å². The molecule has 1 aromatic carbocycles. The molecule has 0 aliphatic rings. The number of hydrogen-bond acceptors (Lipinski definition) is 3. The van der Waals surface area contributed by atoms with E-state index in [1.54, 1.807) is 12.1 Å². The molecule has 3 N–H and O–H groups in total. The molecular formula is C16H25N3O2. The highest BCUT2D eigenvalue weighted by atomic mass is 16.2. The lowest BCUT2D eigenvalue weighted by atomic mass is 10.1. The average Bonchev–Trinajstić information content (AvgIpc) is 2.38. The standard InChI is InChI=1S/C16H25N3O2/c1-6-17-15(21)12-8-7-11(2)13(9-12)19-14(20)10-18-16(3,4)5/h7-9,18H,6,10H2,1-5H3,(H,17,21)(H,19,20). The monoisotopic (exact) mass is 291 g/mol. The highest BCUT2D eigenvalue weighted by molar-refractivity contribution is 5.98. The summed E-state index contributed by atoms with van der Waals surface area (Å²) in [6.07, 6.45) is 0. The normalized spacial score (nSPS) is 11.1. The van der Waals surface area contributed by atoms with E-state index in [-0.39, 0.29) is 23.9 Å². The molecule has 116 valence electrons. The second-order valence-electron chi connectivity index (χ2n) is 6.04. The van der Waals surface area contributed by atoms with Crippen molar-refractivity contribution in [1.29, 1.82) is 0 Å². The van der Waals surface area contributed by atoms with Gasteiger partial charge in [0.25, 0.3) is 5.91 Å². The Morgan fingerprint density at radius 2 is 1.86 bits per heavy atom. The van der Waals surface area contributed by atoms with Gasteiger partial charge in [0.2, 0.25) is 5.91 Å². The van der Waals surface area contributed by atoms with Crippen molar-refractivity contribution in [2.24, 2.45) is 0 Å². The fourth-order valence-corrected chi connectivity index (χ4v) is 1.70. The average molecular weight is 291 g/mol. The van der Waals surface area contributed by atoms with E-state index < -0.39 is 0 Å². The van der Waals surface area contributed by atoms with Crippen molar-refractivity contribution in [1.82, 2.24) is 10.6 Å². The van der Waals surface area contributed by atoms with Gasteiger partial charge in [-0.2, -0.15) is 0 Å². The molecule has 5 nitrogen and oxygen atoms in total. The molecule has 1 rings (SSSR count). The lowest BCUT2D eigenvalue weighted by Gasteiger charge is -2.20. The van der Waals surface area contributed by atoms with Crippen molar-refractivity contribution in [2.75, 3.05) is 18.4 Å². The molecular weight excluding hydrogens is 266 g/mol. The largest absolute Gasteiger partial charge is 0.352 e. The predicted molar refractivity (Wildman–Crippen MR) is 85.6 cm³/mol. The minimum absolute atomic E-state index is 0.116. The molecule has 0 heterocycles. The molecule has 0 spiro atoms. The Bertz CT molecular complexity index is 519. The molecule has 5 heteroatoms. The van der Waals surface area contributed by atoms with Gasteiger partial charge in [0, 0.05) is 23.3 Å². The number of aryl methyl sites for hydroxylation is 1.